The van der Waals surface area contributed by atoms with E-state index in [1.165, 1.54) is 18.4 Å². The van der Waals surface area contributed by atoms with Crippen LogP contribution in [0.5, 0.6) is 5.75 Å². The number of hydrogen-bond acceptors (Lipinski definition) is 3. The van der Waals surface area contributed by atoms with Gasteiger partial charge in [0.15, 0.2) is 0 Å². The second kappa shape index (κ2) is 8.31. The van der Waals surface area contributed by atoms with Gasteiger partial charge in [0.05, 0.1) is 11.6 Å². The van der Waals surface area contributed by atoms with Crippen molar-refractivity contribution in [3.05, 3.63) is 26.6 Å². The molecule has 1 aliphatic heterocycles. The van der Waals surface area contributed by atoms with Gasteiger partial charge in [-0.3, -0.25) is 9.69 Å². The Morgan fingerprint density at radius 1 is 1.45 bits per heavy atom. The number of nitrogens with zero attached hydrogens (tertiary/aromatic N) is 1. The Balaban J connectivity index is 2.02. The van der Waals surface area contributed by atoms with Crippen LogP contribution in [0.4, 0.5) is 0 Å². The summed E-state index contributed by atoms with van der Waals surface area (Å²) in [6.07, 6.45) is 2.35. The smallest absolute Gasteiger partial charge is 0.216 e. The summed E-state index contributed by atoms with van der Waals surface area (Å²) in [6.45, 7) is 5.30. The van der Waals surface area contributed by atoms with E-state index in [-0.39, 0.29) is 5.91 Å². The van der Waals surface area contributed by atoms with Gasteiger partial charge in [0.2, 0.25) is 5.91 Å². The molecular weight excluding hydrogens is 412 g/mol. The fourth-order valence-electron chi connectivity index (χ4n) is 2.95. The van der Waals surface area contributed by atoms with Crippen molar-refractivity contribution in [1.82, 2.24) is 10.2 Å². The number of rotatable bonds is 5. The maximum Gasteiger partial charge on any atom is 0.216 e. The average Bonchev–Trinajstić information content (AvgIpc) is 2.45. The molecule has 0 radical (unpaired) electrons. The van der Waals surface area contributed by atoms with E-state index in [1.807, 2.05) is 6.07 Å². The van der Waals surface area contributed by atoms with Crippen LogP contribution in [-0.2, 0) is 11.3 Å². The first kappa shape index (κ1) is 17.8. The predicted octanol–water partition coefficient (Wildman–Crippen LogP) is 3.57. The highest BCUT2D eigenvalue weighted by Crippen LogP contribution is 2.34. The number of halogens is 2. The van der Waals surface area contributed by atoms with Crippen molar-refractivity contribution in [2.45, 2.75) is 26.3 Å². The van der Waals surface area contributed by atoms with Crippen LogP contribution in [0.2, 0.25) is 0 Å². The molecule has 122 valence electrons. The van der Waals surface area contributed by atoms with Gasteiger partial charge < -0.3 is 10.1 Å². The number of carbonyl (C=O) groups excluding carboxylic acids is 1. The van der Waals surface area contributed by atoms with Crippen LogP contribution < -0.4 is 10.1 Å². The van der Waals surface area contributed by atoms with Crippen molar-refractivity contribution in [1.29, 1.82) is 0 Å². The molecule has 1 amide bonds. The molecule has 1 saturated heterocycles. The zero-order valence-corrected chi connectivity index (χ0v) is 16.2. The van der Waals surface area contributed by atoms with E-state index in [0.717, 1.165) is 40.9 Å². The van der Waals surface area contributed by atoms with Crippen molar-refractivity contribution >= 4 is 37.8 Å². The third-order valence-corrected chi connectivity index (χ3v) is 4.97. The Morgan fingerprint density at radius 3 is 2.91 bits per heavy atom. The van der Waals surface area contributed by atoms with Crippen molar-refractivity contribution < 1.29 is 9.53 Å². The Labute approximate surface area is 148 Å². The third-order valence-electron chi connectivity index (χ3n) is 3.93. The number of hydrogen-bond donors (Lipinski definition) is 1. The van der Waals surface area contributed by atoms with Crippen LogP contribution >= 0.6 is 31.9 Å². The van der Waals surface area contributed by atoms with Gasteiger partial charge in [-0.15, -0.1) is 0 Å². The Morgan fingerprint density at radius 2 is 2.23 bits per heavy atom. The van der Waals surface area contributed by atoms with Crippen LogP contribution in [0.1, 0.15) is 25.3 Å². The molecule has 1 N–H and O–H groups in total. The average molecular weight is 434 g/mol. The quantitative estimate of drug-likeness (QED) is 0.771. The molecular formula is C16H22Br2N2O2. The normalized spacial score (nSPS) is 19.0. The first-order chi connectivity index (χ1) is 10.5. The van der Waals surface area contributed by atoms with Gasteiger partial charge in [-0.2, -0.15) is 0 Å². The molecule has 0 saturated carbocycles. The Kier molecular flexibility index (Phi) is 6.71. The number of likely N-dealkylation sites (tertiary alicyclic amines) is 1. The molecule has 0 aliphatic carbocycles. The SMILES string of the molecule is COc1c(Br)cc(Br)cc1CN1CCCC(CNC(C)=O)C1. The van der Waals surface area contributed by atoms with Gasteiger partial charge in [0, 0.05) is 36.6 Å². The lowest BCUT2D eigenvalue weighted by molar-refractivity contribution is -0.119. The molecule has 1 fully saturated rings. The van der Waals surface area contributed by atoms with Crippen LogP contribution in [0.15, 0.2) is 21.1 Å². The number of piperidine rings is 1. The summed E-state index contributed by atoms with van der Waals surface area (Å²) in [6, 6.07) is 4.11. The van der Waals surface area contributed by atoms with Gasteiger partial charge in [0.1, 0.15) is 5.75 Å². The Hall–Kier alpha value is -0.590. The van der Waals surface area contributed by atoms with E-state index in [1.54, 1.807) is 14.0 Å². The lowest BCUT2D eigenvalue weighted by atomic mass is 9.97. The highest BCUT2D eigenvalue weighted by molar-refractivity contribution is 9.11. The van der Waals surface area contributed by atoms with Gasteiger partial charge >= 0.3 is 0 Å². The molecule has 6 heteroatoms. The molecule has 0 spiro atoms. The second-order valence-corrected chi connectivity index (χ2v) is 7.53. The molecule has 1 aromatic carbocycles. The zero-order chi connectivity index (χ0) is 16.1. The number of carbonyl (C=O) groups is 1. The molecule has 4 nitrogen and oxygen atoms in total. The van der Waals surface area contributed by atoms with Crippen molar-refractivity contribution in [3.63, 3.8) is 0 Å². The van der Waals surface area contributed by atoms with Crippen molar-refractivity contribution in [2.24, 2.45) is 5.92 Å². The molecule has 1 heterocycles. The topological polar surface area (TPSA) is 41.6 Å². The minimum Gasteiger partial charge on any atom is -0.495 e. The van der Waals surface area contributed by atoms with E-state index >= 15 is 0 Å². The maximum absolute atomic E-state index is 11.1. The van der Waals surface area contributed by atoms with E-state index < -0.39 is 0 Å². The van der Waals surface area contributed by atoms with Gasteiger partial charge in [-0.25, -0.2) is 0 Å². The summed E-state index contributed by atoms with van der Waals surface area (Å²) in [5.74, 6) is 1.47. The number of nitrogens with one attached hydrogen (secondary N) is 1. The number of amides is 1. The van der Waals surface area contributed by atoms with Crippen LogP contribution in [0, 0.1) is 5.92 Å². The summed E-state index contributed by atoms with van der Waals surface area (Å²) in [7, 11) is 1.70. The highest BCUT2D eigenvalue weighted by Gasteiger charge is 2.21. The second-order valence-electron chi connectivity index (χ2n) is 5.76. The minimum atomic E-state index is 0.0507. The Bertz CT molecular complexity index is 537. The summed E-state index contributed by atoms with van der Waals surface area (Å²) < 4.78 is 7.53. The van der Waals surface area contributed by atoms with Gasteiger partial charge in [0.25, 0.3) is 0 Å². The summed E-state index contributed by atoms with van der Waals surface area (Å²) in [5, 5.41) is 2.94. The highest BCUT2D eigenvalue weighted by atomic mass is 79.9. The maximum atomic E-state index is 11.1. The molecule has 1 aliphatic rings. The molecule has 1 aromatic rings. The van der Waals surface area contributed by atoms with Crippen molar-refractivity contribution in [2.75, 3.05) is 26.7 Å². The predicted molar refractivity (Wildman–Crippen MR) is 95.1 cm³/mol. The standard InChI is InChI=1S/C16H22Br2N2O2/c1-11(21)19-8-12-4-3-5-20(9-12)10-13-6-14(17)7-15(18)16(13)22-2/h6-7,12H,3-5,8-10H2,1-2H3,(H,19,21). The van der Waals surface area contributed by atoms with Crippen molar-refractivity contribution in [3.8, 4) is 5.75 Å². The van der Waals surface area contributed by atoms with E-state index in [4.69, 9.17) is 4.74 Å². The zero-order valence-electron chi connectivity index (χ0n) is 13.0. The number of ether oxygens (including phenoxy) is 1. The van der Waals surface area contributed by atoms with Crippen LogP contribution in [0.3, 0.4) is 0 Å². The number of methoxy groups -OCH3 is 1. The summed E-state index contributed by atoms with van der Waals surface area (Å²) >= 11 is 7.10. The molecule has 2 rings (SSSR count). The van der Waals surface area contributed by atoms with E-state index in [2.05, 4.69) is 48.1 Å². The lowest BCUT2D eigenvalue weighted by Crippen LogP contribution is -2.40. The van der Waals surface area contributed by atoms with Crippen LogP contribution in [0.25, 0.3) is 0 Å². The summed E-state index contributed by atoms with van der Waals surface area (Å²) in [5.41, 5.74) is 1.17. The largest absolute Gasteiger partial charge is 0.495 e. The van der Waals surface area contributed by atoms with Crippen LogP contribution in [-0.4, -0.2) is 37.6 Å². The minimum absolute atomic E-state index is 0.0507. The first-order valence-corrected chi connectivity index (χ1v) is 9.07. The number of benzene rings is 1. The van der Waals surface area contributed by atoms with Gasteiger partial charge in [-0.1, -0.05) is 15.9 Å². The lowest BCUT2D eigenvalue weighted by Gasteiger charge is -2.33. The monoisotopic (exact) mass is 432 g/mol. The van der Waals surface area contributed by atoms with E-state index in [0.29, 0.717) is 5.92 Å². The molecule has 22 heavy (non-hydrogen) atoms. The van der Waals surface area contributed by atoms with E-state index in [9.17, 15) is 4.79 Å². The third kappa shape index (κ3) is 4.96. The fourth-order valence-corrected chi connectivity index (χ4v) is 4.43. The molecule has 1 unspecified atom stereocenters. The van der Waals surface area contributed by atoms with Gasteiger partial charge in [-0.05, 0) is 53.4 Å². The molecule has 1 atom stereocenters. The molecule has 0 bridgehead atoms. The molecule has 0 aromatic heterocycles. The fraction of sp³-hybridized carbons (Fsp3) is 0.562. The first-order valence-electron chi connectivity index (χ1n) is 7.48. The summed E-state index contributed by atoms with van der Waals surface area (Å²) in [4.78, 5) is 13.5.